The third kappa shape index (κ3) is 6.84. The summed E-state index contributed by atoms with van der Waals surface area (Å²) in [6.45, 7) is 0. The molecule has 70 heavy (non-hydrogen) atoms. The van der Waals surface area contributed by atoms with E-state index in [4.69, 9.17) is 29.9 Å². The van der Waals surface area contributed by atoms with Crippen LogP contribution in [0.4, 0.5) is 0 Å². The Kier molecular flexibility index (Phi) is 9.61. The van der Waals surface area contributed by atoms with E-state index in [2.05, 4.69) is 133 Å². The number of hydrogen-bond donors (Lipinski definition) is 0. The number of benzene rings is 8. The van der Waals surface area contributed by atoms with Crippen molar-refractivity contribution in [2.75, 3.05) is 0 Å². The van der Waals surface area contributed by atoms with Crippen molar-refractivity contribution in [3.05, 3.63) is 217 Å². The van der Waals surface area contributed by atoms with Crippen LogP contribution in [0.2, 0.25) is 0 Å². The molecule has 0 N–H and O–H groups in total. The van der Waals surface area contributed by atoms with Crippen molar-refractivity contribution in [3.63, 3.8) is 0 Å². The second kappa shape index (κ2) is 16.5. The van der Waals surface area contributed by atoms with Crippen LogP contribution in [0, 0.1) is 23.7 Å². The first kappa shape index (κ1) is 40.8. The molecule has 0 saturated heterocycles. The largest absolute Gasteiger partial charge is 0.208 e. The minimum Gasteiger partial charge on any atom is -0.208 e. The van der Waals surface area contributed by atoms with Crippen molar-refractivity contribution in [3.8, 4) is 102 Å². The molecule has 4 fully saturated rings. The van der Waals surface area contributed by atoms with E-state index in [1.807, 2.05) is 72.8 Å². The van der Waals surface area contributed by atoms with Gasteiger partial charge in [-0.3, -0.25) is 0 Å². The zero-order valence-electron chi connectivity index (χ0n) is 38.7. The van der Waals surface area contributed by atoms with Gasteiger partial charge < -0.3 is 0 Å². The van der Waals surface area contributed by atoms with Gasteiger partial charge in [0.1, 0.15) is 0 Å². The maximum atomic E-state index is 5.09. The molecule has 0 amide bonds. The molecule has 10 aromatic rings. The first-order valence-electron chi connectivity index (χ1n) is 24.9. The fourth-order valence-corrected chi connectivity index (χ4v) is 13.1. The average Bonchev–Trinajstić information content (AvgIpc) is 3.72. The lowest BCUT2D eigenvalue weighted by atomic mass is 9.43. The van der Waals surface area contributed by atoms with E-state index in [9.17, 15) is 0 Å². The van der Waals surface area contributed by atoms with Crippen LogP contribution in [0.15, 0.2) is 206 Å². The van der Waals surface area contributed by atoms with Crippen LogP contribution in [0.3, 0.4) is 0 Å². The first-order chi connectivity index (χ1) is 34.6. The molecule has 0 radical (unpaired) electrons. The predicted molar refractivity (Wildman–Crippen MR) is 280 cm³/mol. The lowest BCUT2D eigenvalue weighted by Gasteiger charge is -2.61. The highest BCUT2D eigenvalue weighted by Crippen LogP contribution is 2.69. The van der Waals surface area contributed by atoms with E-state index in [0.717, 1.165) is 45.2 Å². The first-order valence-corrected chi connectivity index (χ1v) is 24.9. The van der Waals surface area contributed by atoms with E-state index in [1.54, 1.807) is 0 Å². The zero-order valence-corrected chi connectivity index (χ0v) is 38.7. The van der Waals surface area contributed by atoms with Crippen molar-refractivity contribution in [1.82, 2.24) is 29.9 Å². The Hall–Kier alpha value is -8.22. The van der Waals surface area contributed by atoms with E-state index in [-0.39, 0.29) is 5.41 Å². The Labute approximate surface area is 408 Å². The van der Waals surface area contributed by atoms with E-state index in [1.165, 1.54) is 76.6 Å². The number of nitrogens with zero attached hydrogens (tertiary/aromatic N) is 6. The SMILES string of the molecule is c1ccc(-c2nc(-c3ccccc3)nc(-c3cccc(-c4ccc5c(c4)C4(c6cc(-c7cccc(-c8nc(-c9ccccc9)nc(-c9ccccc9)n8)c7)ccc6-5)C5CC6CC(C5)CC4C6)c3)n2)cc1. The van der Waals surface area contributed by atoms with Crippen LogP contribution in [-0.4, -0.2) is 29.9 Å². The summed E-state index contributed by atoms with van der Waals surface area (Å²) in [5.74, 6) is 6.90. The molecule has 2 heterocycles. The lowest BCUT2D eigenvalue weighted by molar-refractivity contribution is -0.0399. The van der Waals surface area contributed by atoms with Gasteiger partial charge in [-0.2, -0.15) is 0 Å². The maximum Gasteiger partial charge on any atom is 0.164 e. The van der Waals surface area contributed by atoms with Crippen LogP contribution in [-0.2, 0) is 5.41 Å². The van der Waals surface area contributed by atoms with Crippen LogP contribution in [0.25, 0.3) is 102 Å². The Bertz CT molecular complexity index is 3250. The fourth-order valence-electron chi connectivity index (χ4n) is 13.1. The molecule has 5 aliphatic rings. The minimum atomic E-state index is -0.0356. The Balaban J connectivity index is 0.865. The monoisotopic (exact) mass is 900 g/mol. The highest BCUT2D eigenvalue weighted by atomic mass is 15.0. The highest BCUT2D eigenvalue weighted by molar-refractivity contribution is 5.88. The standard InChI is InChI=1S/C64H48N6/c1-5-15-42(16-6-1)58-65-59(43-17-7-2-8-18-43)68-62(67-58)50-25-13-23-46(36-50)48-27-29-54-55-30-28-49(39-57(55)64(56(54)38-48)52-32-40-31-41(34-52)35-53(64)33-40)47-24-14-26-51(37-47)63-69-60(44-19-9-3-10-20-44)66-61(70-63)45-21-11-4-12-22-45/h1-30,36-41,52-53H,31-35H2. The summed E-state index contributed by atoms with van der Waals surface area (Å²) in [7, 11) is 0. The summed E-state index contributed by atoms with van der Waals surface area (Å²) < 4.78 is 0. The van der Waals surface area contributed by atoms with Gasteiger partial charge in [-0.05, 0) is 125 Å². The van der Waals surface area contributed by atoms with Gasteiger partial charge in [0.15, 0.2) is 34.9 Å². The van der Waals surface area contributed by atoms with Gasteiger partial charge in [-0.15, -0.1) is 0 Å². The maximum absolute atomic E-state index is 5.09. The van der Waals surface area contributed by atoms with Gasteiger partial charge in [0, 0.05) is 38.8 Å². The van der Waals surface area contributed by atoms with Crippen molar-refractivity contribution in [2.24, 2.45) is 23.7 Å². The fraction of sp³-hybridized carbons (Fsp3) is 0.156. The molecule has 0 atom stereocenters. The third-order valence-corrected chi connectivity index (χ3v) is 16.0. The molecule has 334 valence electrons. The normalized spacial score (nSPS) is 19.0. The second-order valence-corrected chi connectivity index (χ2v) is 19.9. The van der Waals surface area contributed by atoms with Crippen LogP contribution in [0.5, 0.6) is 0 Å². The van der Waals surface area contributed by atoms with Gasteiger partial charge >= 0.3 is 0 Å². The summed E-state index contributed by atoms with van der Waals surface area (Å²) in [5, 5.41) is 0. The molecule has 2 aromatic heterocycles. The number of fused-ring (bicyclic) bond motifs is 3. The Morgan fingerprint density at radius 1 is 0.257 bits per heavy atom. The summed E-state index contributed by atoms with van der Waals surface area (Å²) in [4.78, 5) is 30.3. The molecule has 6 nitrogen and oxygen atoms in total. The van der Waals surface area contributed by atoms with Crippen LogP contribution in [0.1, 0.15) is 43.2 Å². The van der Waals surface area contributed by atoms with Gasteiger partial charge in [-0.1, -0.05) is 182 Å². The minimum absolute atomic E-state index is 0.0356. The number of hydrogen-bond acceptors (Lipinski definition) is 6. The molecule has 0 aliphatic heterocycles. The molecule has 6 heteroatoms. The zero-order chi connectivity index (χ0) is 46.2. The number of rotatable bonds is 8. The Morgan fingerprint density at radius 2 is 0.543 bits per heavy atom. The van der Waals surface area contributed by atoms with Gasteiger partial charge in [0.2, 0.25) is 0 Å². The van der Waals surface area contributed by atoms with Crippen molar-refractivity contribution in [1.29, 1.82) is 0 Å². The highest BCUT2D eigenvalue weighted by Gasteiger charge is 2.61. The van der Waals surface area contributed by atoms with E-state index in [0.29, 0.717) is 46.8 Å². The summed E-state index contributed by atoms with van der Waals surface area (Å²) in [6.07, 6.45) is 6.65. The summed E-state index contributed by atoms with van der Waals surface area (Å²) in [6, 6.07) is 73.2. The molecular formula is C64H48N6. The van der Waals surface area contributed by atoms with Gasteiger partial charge in [-0.25, -0.2) is 29.9 Å². The van der Waals surface area contributed by atoms with Crippen molar-refractivity contribution < 1.29 is 0 Å². The summed E-state index contributed by atoms with van der Waals surface area (Å²) >= 11 is 0. The van der Waals surface area contributed by atoms with Crippen LogP contribution < -0.4 is 0 Å². The van der Waals surface area contributed by atoms with Gasteiger partial charge in [0.05, 0.1) is 0 Å². The topological polar surface area (TPSA) is 77.3 Å². The lowest BCUT2D eigenvalue weighted by Crippen LogP contribution is -2.55. The smallest absolute Gasteiger partial charge is 0.164 e. The number of aromatic nitrogens is 6. The van der Waals surface area contributed by atoms with E-state index < -0.39 is 0 Å². The van der Waals surface area contributed by atoms with Gasteiger partial charge in [0.25, 0.3) is 0 Å². The molecule has 15 rings (SSSR count). The summed E-state index contributed by atoms with van der Waals surface area (Å²) in [5.41, 5.74) is 16.4. The average molecular weight is 901 g/mol. The van der Waals surface area contributed by atoms with Crippen molar-refractivity contribution in [2.45, 2.75) is 37.5 Å². The predicted octanol–water partition coefficient (Wildman–Crippen LogP) is 15.1. The Morgan fingerprint density at radius 3 is 0.886 bits per heavy atom. The molecule has 0 unspecified atom stereocenters. The molecule has 8 aromatic carbocycles. The van der Waals surface area contributed by atoms with Crippen LogP contribution >= 0.6 is 0 Å². The van der Waals surface area contributed by atoms with Crippen molar-refractivity contribution >= 4 is 0 Å². The van der Waals surface area contributed by atoms with E-state index >= 15 is 0 Å². The molecule has 5 aliphatic carbocycles. The quantitative estimate of drug-likeness (QED) is 0.151. The molecular weight excluding hydrogens is 853 g/mol. The molecule has 1 spiro atoms. The molecule has 4 saturated carbocycles. The third-order valence-electron chi connectivity index (χ3n) is 16.0. The second-order valence-electron chi connectivity index (χ2n) is 19.9. The molecule has 4 bridgehead atoms.